The first-order chi connectivity index (χ1) is 8.83. The molecule has 1 fully saturated rings. The van der Waals surface area contributed by atoms with E-state index in [1.807, 2.05) is 0 Å². The van der Waals surface area contributed by atoms with E-state index in [0.717, 1.165) is 31.5 Å². The summed E-state index contributed by atoms with van der Waals surface area (Å²) in [5.74, 6) is 0.968. The highest BCUT2D eigenvalue weighted by atomic mass is 16.3. The molecular weight excluding hydrogens is 226 g/mol. The first-order valence-electron chi connectivity index (χ1n) is 7.05. The van der Waals surface area contributed by atoms with Crippen LogP contribution < -0.4 is 5.32 Å². The lowest BCUT2D eigenvalue weighted by atomic mass is 9.77. The maximum atomic E-state index is 9.55. The van der Waals surface area contributed by atoms with Crippen LogP contribution in [0.15, 0.2) is 6.33 Å². The van der Waals surface area contributed by atoms with E-state index < -0.39 is 0 Å². The Balaban J connectivity index is 1.87. The molecule has 0 bridgehead atoms. The van der Waals surface area contributed by atoms with Crippen LogP contribution in [-0.2, 0) is 12.8 Å². The van der Waals surface area contributed by atoms with E-state index in [9.17, 15) is 5.11 Å². The van der Waals surface area contributed by atoms with Gasteiger partial charge >= 0.3 is 0 Å². The average Bonchev–Trinajstić information content (AvgIpc) is 2.59. The van der Waals surface area contributed by atoms with Gasteiger partial charge in [-0.2, -0.15) is 0 Å². The molecule has 0 amide bonds. The van der Waals surface area contributed by atoms with Gasteiger partial charge in [0, 0.05) is 11.3 Å². The first kappa shape index (κ1) is 11.9. The molecule has 1 saturated carbocycles. The van der Waals surface area contributed by atoms with Crippen LogP contribution in [0.5, 0.6) is 0 Å². The zero-order valence-electron chi connectivity index (χ0n) is 10.8. The molecular formula is C14H21N3O. The van der Waals surface area contributed by atoms with E-state index >= 15 is 0 Å². The second-order valence-electron chi connectivity index (χ2n) is 5.63. The minimum Gasteiger partial charge on any atom is -0.394 e. The summed E-state index contributed by atoms with van der Waals surface area (Å²) in [5.41, 5.74) is 2.38. The van der Waals surface area contributed by atoms with Crippen LogP contribution in [0, 0.1) is 0 Å². The molecule has 3 rings (SSSR count). The van der Waals surface area contributed by atoms with Crippen molar-refractivity contribution >= 4 is 5.82 Å². The fourth-order valence-corrected chi connectivity index (χ4v) is 2.98. The third-order valence-electron chi connectivity index (χ3n) is 4.37. The lowest BCUT2D eigenvalue weighted by Gasteiger charge is -2.41. The lowest BCUT2D eigenvalue weighted by Crippen LogP contribution is -2.48. The number of aromatic nitrogens is 2. The Morgan fingerprint density at radius 1 is 1.11 bits per heavy atom. The highest BCUT2D eigenvalue weighted by Gasteiger charge is 2.37. The molecule has 1 heterocycles. The van der Waals surface area contributed by atoms with Crippen molar-refractivity contribution in [2.24, 2.45) is 0 Å². The van der Waals surface area contributed by atoms with Crippen LogP contribution in [0.1, 0.15) is 49.8 Å². The number of hydrogen-bond donors (Lipinski definition) is 2. The van der Waals surface area contributed by atoms with Crippen LogP contribution in [-0.4, -0.2) is 27.2 Å². The molecule has 18 heavy (non-hydrogen) atoms. The van der Waals surface area contributed by atoms with Crippen LogP contribution in [0.2, 0.25) is 0 Å². The number of anilines is 1. The summed E-state index contributed by atoms with van der Waals surface area (Å²) >= 11 is 0. The summed E-state index contributed by atoms with van der Waals surface area (Å²) in [6.45, 7) is 0.200. The van der Waals surface area contributed by atoms with E-state index in [4.69, 9.17) is 0 Å². The maximum Gasteiger partial charge on any atom is 0.133 e. The SMILES string of the molecule is OCC1(Nc2ncnc3c2CCCCC3)CCC1. The van der Waals surface area contributed by atoms with Gasteiger partial charge < -0.3 is 10.4 Å². The molecule has 4 heteroatoms. The van der Waals surface area contributed by atoms with Gasteiger partial charge in [-0.1, -0.05) is 6.42 Å². The summed E-state index contributed by atoms with van der Waals surface area (Å²) in [7, 11) is 0. The minimum atomic E-state index is -0.117. The standard InChI is InChI=1S/C14H21N3O/c18-9-14(7-4-8-14)17-13-11-5-2-1-3-6-12(11)15-10-16-13/h10,18H,1-9H2,(H,15,16,17). The molecule has 98 valence electrons. The number of nitrogens with zero attached hydrogens (tertiary/aromatic N) is 2. The third-order valence-corrected chi connectivity index (χ3v) is 4.37. The van der Waals surface area contributed by atoms with Gasteiger partial charge in [-0.25, -0.2) is 9.97 Å². The van der Waals surface area contributed by atoms with E-state index in [-0.39, 0.29) is 12.1 Å². The van der Waals surface area contributed by atoms with Crippen molar-refractivity contribution in [3.8, 4) is 0 Å². The van der Waals surface area contributed by atoms with Crippen LogP contribution >= 0.6 is 0 Å². The Labute approximate surface area is 108 Å². The van der Waals surface area contributed by atoms with Gasteiger partial charge in [-0.15, -0.1) is 0 Å². The Bertz CT molecular complexity index is 424. The molecule has 2 aliphatic carbocycles. The molecule has 2 N–H and O–H groups in total. The van der Waals surface area contributed by atoms with Gasteiger partial charge in [0.25, 0.3) is 0 Å². The number of rotatable bonds is 3. The zero-order valence-corrected chi connectivity index (χ0v) is 10.8. The largest absolute Gasteiger partial charge is 0.394 e. The number of aryl methyl sites for hydroxylation is 1. The van der Waals surface area contributed by atoms with Gasteiger partial charge in [-0.3, -0.25) is 0 Å². The highest BCUT2D eigenvalue weighted by Crippen LogP contribution is 2.36. The topological polar surface area (TPSA) is 58.0 Å². The van der Waals surface area contributed by atoms with Crippen LogP contribution in [0.25, 0.3) is 0 Å². The molecule has 0 aromatic carbocycles. The predicted octanol–water partition coefficient (Wildman–Crippen LogP) is 2.07. The van der Waals surface area contributed by atoms with Crippen LogP contribution in [0.3, 0.4) is 0 Å². The van der Waals surface area contributed by atoms with E-state index in [0.29, 0.717) is 0 Å². The first-order valence-corrected chi connectivity index (χ1v) is 7.05. The molecule has 2 aliphatic rings. The number of aliphatic hydroxyl groups is 1. The van der Waals surface area contributed by atoms with E-state index in [1.54, 1.807) is 6.33 Å². The minimum absolute atomic E-state index is 0.117. The lowest BCUT2D eigenvalue weighted by molar-refractivity contribution is 0.143. The van der Waals surface area contributed by atoms with Crippen molar-refractivity contribution in [1.82, 2.24) is 9.97 Å². The Hall–Kier alpha value is -1.16. The summed E-state index contributed by atoms with van der Waals surface area (Å²) in [6, 6.07) is 0. The average molecular weight is 247 g/mol. The van der Waals surface area contributed by atoms with Gasteiger partial charge in [0.15, 0.2) is 0 Å². The number of nitrogens with one attached hydrogen (secondary N) is 1. The van der Waals surface area contributed by atoms with E-state index in [2.05, 4.69) is 15.3 Å². The monoisotopic (exact) mass is 247 g/mol. The Morgan fingerprint density at radius 3 is 2.67 bits per heavy atom. The normalized spacial score (nSPS) is 21.6. The molecule has 0 unspecified atom stereocenters. The van der Waals surface area contributed by atoms with Gasteiger partial charge in [0.1, 0.15) is 12.1 Å². The molecule has 1 aromatic heterocycles. The predicted molar refractivity (Wildman–Crippen MR) is 70.6 cm³/mol. The number of fused-ring (bicyclic) bond motifs is 1. The van der Waals surface area contributed by atoms with E-state index in [1.165, 1.54) is 36.9 Å². The fraction of sp³-hybridized carbons (Fsp3) is 0.714. The third kappa shape index (κ3) is 2.09. The fourth-order valence-electron chi connectivity index (χ4n) is 2.98. The van der Waals surface area contributed by atoms with Gasteiger partial charge in [0.2, 0.25) is 0 Å². The van der Waals surface area contributed by atoms with Crippen molar-refractivity contribution in [3.05, 3.63) is 17.6 Å². The summed E-state index contributed by atoms with van der Waals surface area (Å²) < 4.78 is 0. The van der Waals surface area contributed by atoms with Crippen molar-refractivity contribution in [2.75, 3.05) is 11.9 Å². The van der Waals surface area contributed by atoms with Crippen molar-refractivity contribution in [3.63, 3.8) is 0 Å². The zero-order chi connectivity index (χ0) is 12.4. The smallest absolute Gasteiger partial charge is 0.133 e. The van der Waals surface area contributed by atoms with Crippen molar-refractivity contribution < 1.29 is 5.11 Å². The van der Waals surface area contributed by atoms with Crippen molar-refractivity contribution in [2.45, 2.75) is 56.9 Å². The summed E-state index contributed by atoms with van der Waals surface area (Å²) in [4.78, 5) is 8.84. The molecule has 0 spiro atoms. The maximum absolute atomic E-state index is 9.55. The molecule has 0 aliphatic heterocycles. The second kappa shape index (κ2) is 4.84. The van der Waals surface area contributed by atoms with Gasteiger partial charge in [0.05, 0.1) is 12.1 Å². The summed E-state index contributed by atoms with van der Waals surface area (Å²) in [5, 5.41) is 13.0. The Kier molecular flexibility index (Phi) is 3.20. The van der Waals surface area contributed by atoms with Gasteiger partial charge in [-0.05, 0) is 44.9 Å². The number of hydrogen-bond acceptors (Lipinski definition) is 4. The molecule has 0 atom stereocenters. The van der Waals surface area contributed by atoms with Crippen molar-refractivity contribution in [1.29, 1.82) is 0 Å². The molecule has 0 radical (unpaired) electrons. The Morgan fingerprint density at radius 2 is 1.94 bits per heavy atom. The quantitative estimate of drug-likeness (QED) is 0.803. The number of aliphatic hydroxyl groups excluding tert-OH is 1. The summed E-state index contributed by atoms with van der Waals surface area (Å²) in [6.07, 6.45) is 10.8. The van der Waals surface area contributed by atoms with Crippen LogP contribution in [0.4, 0.5) is 5.82 Å². The molecule has 0 saturated heterocycles. The molecule has 4 nitrogen and oxygen atoms in total. The second-order valence-corrected chi connectivity index (χ2v) is 5.63. The highest BCUT2D eigenvalue weighted by molar-refractivity contribution is 5.49. The molecule has 1 aromatic rings.